The zero-order valence-electron chi connectivity index (χ0n) is 12.5. The predicted molar refractivity (Wildman–Crippen MR) is 89.3 cm³/mol. The van der Waals surface area contributed by atoms with E-state index >= 15 is 0 Å². The topological polar surface area (TPSA) is 54.5 Å². The predicted octanol–water partition coefficient (Wildman–Crippen LogP) is 2.93. The summed E-state index contributed by atoms with van der Waals surface area (Å²) in [5.74, 6) is 0.376. The zero-order valence-corrected chi connectivity index (χ0v) is 14.9. The van der Waals surface area contributed by atoms with Gasteiger partial charge in [-0.2, -0.15) is 0 Å². The van der Waals surface area contributed by atoms with Crippen molar-refractivity contribution in [1.29, 1.82) is 0 Å². The second-order valence-corrected chi connectivity index (χ2v) is 10.5. The molecule has 0 N–H and O–H groups in total. The number of carbonyl (C=O) groups excluding carboxylic acids is 1. The van der Waals surface area contributed by atoms with E-state index in [-0.39, 0.29) is 28.7 Å². The van der Waals surface area contributed by atoms with E-state index in [1.807, 2.05) is 24.0 Å². The number of halogens is 1. The van der Waals surface area contributed by atoms with Crippen LogP contribution in [-0.2, 0) is 14.6 Å². The lowest BCUT2D eigenvalue weighted by Crippen LogP contribution is -2.47. The Morgan fingerprint density at radius 2 is 2.18 bits per heavy atom. The van der Waals surface area contributed by atoms with Crippen LogP contribution in [0.1, 0.15) is 37.0 Å². The van der Waals surface area contributed by atoms with Crippen molar-refractivity contribution in [3.63, 3.8) is 0 Å². The number of rotatable bonds is 2. The molecule has 1 aromatic rings. The van der Waals surface area contributed by atoms with Gasteiger partial charge in [0.05, 0.1) is 21.8 Å². The molecule has 1 aromatic heterocycles. The summed E-state index contributed by atoms with van der Waals surface area (Å²) in [5.41, 5.74) is -0.209. The lowest BCUT2D eigenvalue weighted by atomic mass is 9.79. The van der Waals surface area contributed by atoms with E-state index in [0.29, 0.717) is 17.3 Å². The first-order valence-electron chi connectivity index (χ1n) is 7.55. The minimum absolute atomic E-state index is 0.0851. The van der Waals surface area contributed by atoms with Gasteiger partial charge in [-0.25, -0.2) is 8.42 Å². The van der Waals surface area contributed by atoms with Crippen LogP contribution in [0.5, 0.6) is 0 Å². The van der Waals surface area contributed by atoms with Crippen molar-refractivity contribution in [3.05, 3.63) is 21.3 Å². The first-order valence-corrected chi connectivity index (χ1v) is 10.6. The molecule has 2 aliphatic rings. The Bertz CT molecular complexity index is 685. The fraction of sp³-hybridized carbons (Fsp3) is 0.667. The molecule has 1 spiro atoms. The lowest BCUT2D eigenvalue weighted by molar-refractivity contribution is -0.135. The highest BCUT2D eigenvalue weighted by Crippen LogP contribution is 2.41. The van der Waals surface area contributed by atoms with E-state index in [1.165, 1.54) is 11.3 Å². The third kappa shape index (κ3) is 3.19. The molecule has 122 valence electrons. The number of likely N-dealkylation sites (tertiary alicyclic amines) is 1. The number of sulfone groups is 1. The van der Waals surface area contributed by atoms with Crippen molar-refractivity contribution < 1.29 is 13.2 Å². The smallest absolute Gasteiger partial charge is 0.230 e. The van der Waals surface area contributed by atoms with Gasteiger partial charge in [0, 0.05) is 23.4 Å². The number of hydrogen-bond donors (Lipinski definition) is 0. The molecule has 1 amide bonds. The SMILES string of the molecule is CC(C(=O)N1CCCC2(CCS(=O)(=O)C2)C1)c1ccc(Cl)s1. The third-order valence-corrected chi connectivity index (χ3v) is 8.13. The second kappa shape index (κ2) is 5.80. The Kier molecular flexibility index (Phi) is 4.29. The molecule has 0 bridgehead atoms. The van der Waals surface area contributed by atoms with Crippen LogP contribution in [-0.4, -0.2) is 43.8 Å². The van der Waals surface area contributed by atoms with Crippen LogP contribution in [0.2, 0.25) is 4.34 Å². The summed E-state index contributed by atoms with van der Waals surface area (Å²) in [6.07, 6.45) is 2.49. The maximum atomic E-state index is 12.7. The molecule has 0 saturated carbocycles. The van der Waals surface area contributed by atoms with Gasteiger partial charge in [0.15, 0.2) is 9.84 Å². The van der Waals surface area contributed by atoms with E-state index in [0.717, 1.165) is 24.3 Å². The summed E-state index contributed by atoms with van der Waals surface area (Å²) in [4.78, 5) is 15.6. The van der Waals surface area contributed by atoms with Crippen LogP contribution < -0.4 is 0 Å². The molecule has 2 saturated heterocycles. The molecule has 0 aliphatic carbocycles. The van der Waals surface area contributed by atoms with Gasteiger partial charge in [0.1, 0.15) is 0 Å². The minimum Gasteiger partial charge on any atom is -0.342 e. The molecule has 2 fully saturated rings. The first-order chi connectivity index (χ1) is 10.3. The molecule has 4 nitrogen and oxygen atoms in total. The van der Waals surface area contributed by atoms with E-state index in [1.54, 1.807) is 0 Å². The van der Waals surface area contributed by atoms with Crippen LogP contribution in [0.25, 0.3) is 0 Å². The lowest BCUT2D eigenvalue weighted by Gasteiger charge is -2.40. The maximum absolute atomic E-state index is 12.7. The third-order valence-electron chi connectivity index (χ3n) is 4.83. The number of nitrogens with zero attached hydrogens (tertiary/aromatic N) is 1. The van der Waals surface area contributed by atoms with Crippen LogP contribution in [0, 0.1) is 5.41 Å². The summed E-state index contributed by atoms with van der Waals surface area (Å²) in [6.45, 7) is 3.20. The molecule has 3 heterocycles. The van der Waals surface area contributed by atoms with Crippen LogP contribution in [0.15, 0.2) is 12.1 Å². The number of piperidine rings is 1. The highest BCUT2D eigenvalue weighted by atomic mass is 35.5. The summed E-state index contributed by atoms with van der Waals surface area (Å²) < 4.78 is 24.3. The molecular weight excluding hydrogens is 342 g/mol. The summed E-state index contributed by atoms with van der Waals surface area (Å²) in [5, 5.41) is 0. The van der Waals surface area contributed by atoms with E-state index in [9.17, 15) is 13.2 Å². The molecular formula is C15H20ClNO3S2. The average Bonchev–Trinajstić information content (AvgIpc) is 3.01. The molecule has 3 rings (SSSR count). The van der Waals surface area contributed by atoms with Gasteiger partial charge in [0.25, 0.3) is 0 Å². The van der Waals surface area contributed by atoms with E-state index in [4.69, 9.17) is 11.6 Å². The monoisotopic (exact) mass is 361 g/mol. The molecule has 0 aromatic carbocycles. The molecule has 7 heteroatoms. The summed E-state index contributed by atoms with van der Waals surface area (Å²) in [7, 11) is -2.93. The molecule has 22 heavy (non-hydrogen) atoms. The van der Waals surface area contributed by atoms with Crippen molar-refractivity contribution in [2.24, 2.45) is 5.41 Å². The van der Waals surface area contributed by atoms with Crippen molar-refractivity contribution in [1.82, 2.24) is 4.90 Å². The van der Waals surface area contributed by atoms with Gasteiger partial charge in [-0.1, -0.05) is 11.6 Å². The Labute approximate surface area is 140 Å². The minimum atomic E-state index is -2.93. The Hall–Kier alpha value is -0.590. The quantitative estimate of drug-likeness (QED) is 0.813. The largest absolute Gasteiger partial charge is 0.342 e. The van der Waals surface area contributed by atoms with E-state index in [2.05, 4.69) is 0 Å². The van der Waals surface area contributed by atoms with Crippen molar-refractivity contribution >= 4 is 38.7 Å². The van der Waals surface area contributed by atoms with Gasteiger partial charge >= 0.3 is 0 Å². The normalized spacial score (nSPS) is 28.9. The molecule has 0 radical (unpaired) electrons. The number of hydrogen-bond acceptors (Lipinski definition) is 4. The number of thiophene rings is 1. The second-order valence-electron chi connectivity index (χ2n) is 6.57. The zero-order chi connectivity index (χ0) is 16.0. The van der Waals surface area contributed by atoms with E-state index < -0.39 is 9.84 Å². The standard InChI is InChI=1S/C15H20ClNO3S2/c1-11(12-3-4-13(16)21-12)14(18)17-7-2-5-15(9-17)6-8-22(19,20)10-15/h3-4,11H,2,5-10H2,1H3. The Morgan fingerprint density at radius 3 is 2.77 bits per heavy atom. The van der Waals surface area contributed by atoms with Crippen LogP contribution >= 0.6 is 22.9 Å². The summed E-state index contributed by atoms with van der Waals surface area (Å²) >= 11 is 7.39. The highest BCUT2D eigenvalue weighted by Gasteiger charge is 2.46. The van der Waals surface area contributed by atoms with Gasteiger partial charge in [-0.15, -0.1) is 11.3 Å². The van der Waals surface area contributed by atoms with Gasteiger partial charge < -0.3 is 4.90 Å². The number of amides is 1. The maximum Gasteiger partial charge on any atom is 0.230 e. The highest BCUT2D eigenvalue weighted by molar-refractivity contribution is 7.91. The van der Waals surface area contributed by atoms with Crippen molar-refractivity contribution in [3.8, 4) is 0 Å². The Balaban J connectivity index is 1.73. The van der Waals surface area contributed by atoms with Crippen molar-refractivity contribution in [2.75, 3.05) is 24.6 Å². The van der Waals surface area contributed by atoms with Crippen LogP contribution in [0.4, 0.5) is 0 Å². The number of carbonyl (C=O) groups is 1. The van der Waals surface area contributed by atoms with Crippen LogP contribution in [0.3, 0.4) is 0 Å². The first kappa shape index (κ1) is 16.3. The molecule has 2 atom stereocenters. The fourth-order valence-electron chi connectivity index (χ4n) is 3.66. The summed E-state index contributed by atoms with van der Waals surface area (Å²) in [6, 6.07) is 3.71. The average molecular weight is 362 g/mol. The molecule has 2 unspecified atom stereocenters. The fourth-order valence-corrected chi connectivity index (χ4v) is 6.96. The Morgan fingerprint density at radius 1 is 1.41 bits per heavy atom. The van der Waals surface area contributed by atoms with Crippen molar-refractivity contribution in [2.45, 2.75) is 32.1 Å². The molecule has 2 aliphatic heterocycles. The van der Waals surface area contributed by atoms with Gasteiger partial charge in [-0.05, 0) is 38.3 Å². The van der Waals surface area contributed by atoms with Gasteiger partial charge in [0.2, 0.25) is 5.91 Å². The van der Waals surface area contributed by atoms with Gasteiger partial charge in [-0.3, -0.25) is 4.79 Å².